The summed E-state index contributed by atoms with van der Waals surface area (Å²) < 4.78 is 9.23. The minimum atomic E-state index is -0.506. The maximum Gasteiger partial charge on any atom is 0.356 e. The van der Waals surface area contributed by atoms with Gasteiger partial charge in [-0.15, -0.1) is 0 Å². The van der Waals surface area contributed by atoms with Crippen LogP contribution in [0.15, 0.2) is 18.3 Å². The van der Waals surface area contributed by atoms with Gasteiger partial charge in [0.05, 0.1) is 19.3 Å². The average molecular weight is 209 g/mol. The van der Waals surface area contributed by atoms with Crippen molar-refractivity contribution < 1.29 is 19.1 Å². The molecule has 0 unspecified atom stereocenters. The van der Waals surface area contributed by atoms with Crippen molar-refractivity contribution in [3.63, 3.8) is 0 Å². The number of hydrogen-bond acceptors (Lipinski definition) is 5. The Kier molecular flexibility index (Phi) is 3.79. The molecule has 5 nitrogen and oxygen atoms in total. The smallest absolute Gasteiger partial charge is 0.356 e. The summed E-state index contributed by atoms with van der Waals surface area (Å²) in [6.07, 6.45) is 1.28. The van der Waals surface area contributed by atoms with Gasteiger partial charge in [0.2, 0.25) is 0 Å². The number of pyridine rings is 1. The first-order valence-corrected chi connectivity index (χ1v) is 4.40. The van der Waals surface area contributed by atoms with Crippen molar-refractivity contribution in [2.45, 2.75) is 6.92 Å². The molecule has 1 aromatic heterocycles. The van der Waals surface area contributed by atoms with E-state index in [9.17, 15) is 9.59 Å². The van der Waals surface area contributed by atoms with Crippen molar-refractivity contribution >= 4 is 11.9 Å². The zero-order chi connectivity index (χ0) is 11.3. The minimum Gasteiger partial charge on any atom is -0.465 e. The van der Waals surface area contributed by atoms with Crippen LogP contribution in [0.5, 0.6) is 0 Å². The maximum atomic E-state index is 11.2. The quantitative estimate of drug-likeness (QED) is 0.696. The molecule has 0 saturated carbocycles. The number of rotatable bonds is 3. The van der Waals surface area contributed by atoms with Crippen LogP contribution < -0.4 is 0 Å². The van der Waals surface area contributed by atoms with Gasteiger partial charge in [-0.3, -0.25) is 0 Å². The Morgan fingerprint density at radius 3 is 2.53 bits per heavy atom. The summed E-state index contributed by atoms with van der Waals surface area (Å²) in [4.78, 5) is 26.0. The lowest BCUT2D eigenvalue weighted by Gasteiger charge is -2.01. The first kappa shape index (κ1) is 11.2. The van der Waals surface area contributed by atoms with Crippen LogP contribution in [0.1, 0.15) is 27.8 Å². The summed E-state index contributed by atoms with van der Waals surface area (Å²) in [5, 5.41) is 0. The summed E-state index contributed by atoms with van der Waals surface area (Å²) >= 11 is 0. The van der Waals surface area contributed by atoms with E-state index in [2.05, 4.69) is 9.72 Å². The largest absolute Gasteiger partial charge is 0.465 e. The number of ether oxygens (including phenoxy) is 2. The molecule has 1 aromatic rings. The zero-order valence-electron chi connectivity index (χ0n) is 8.52. The Bertz CT molecular complexity index is 358. The van der Waals surface area contributed by atoms with Crippen LogP contribution in [0.3, 0.4) is 0 Å². The first-order chi connectivity index (χ1) is 7.19. The Hall–Kier alpha value is -1.91. The van der Waals surface area contributed by atoms with Crippen LogP contribution in [-0.4, -0.2) is 30.6 Å². The number of carbonyl (C=O) groups excluding carboxylic acids is 2. The van der Waals surface area contributed by atoms with Crippen LogP contribution >= 0.6 is 0 Å². The minimum absolute atomic E-state index is 0.171. The van der Waals surface area contributed by atoms with E-state index in [1.54, 1.807) is 6.92 Å². The number of nitrogens with zero attached hydrogens (tertiary/aromatic N) is 1. The fraction of sp³-hybridized carbons (Fsp3) is 0.300. The van der Waals surface area contributed by atoms with E-state index < -0.39 is 11.9 Å². The van der Waals surface area contributed by atoms with Crippen molar-refractivity contribution in [3.8, 4) is 0 Å². The molecular formula is C10H11NO4. The van der Waals surface area contributed by atoms with Crippen molar-refractivity contribution in [1.29, 1.82) is 0 Å². The van der Waals surface area contributed by atoms with Crippen molar-refractivity contribution in [2.75, 3.05) is 13.7 Å². The van der Waals surface area contributed by atoms with Crippen LogP contribution in [-0.2, 0) is 9.47 Å². The summed E-state index contributed by atoms with van der Waals surface area (Å²) in [6, 6.07) is 2.88. The maximum absolute atomic E-state index is 11.2. The molecule has 0 spiro atoms. The first-order valence-electron chi connectivity index (χ1n) is 4.40. The molecule has 1 heterocycles. The summed E-state index contributed by atoms with van der Waals surface area (Å²) in [5.41, 5.74) is 0.468. The highest BCUT2D eigenvalue weighted by molar-refractivity contribution is 5.91. The van der Waals surface area contributed by atoms with Crippen LogP contribution in [0.25, 0.3) is 0 Å². The van der Waals surface area contributed by atoms with E-state index in [0.29, 0.717) is 12.2 Å². The highest BCUT2D eigenvalue weighted by Gasteiger charge is 2.10. The molecule has 0 aliphatic rings. The van der Waals surface area contributed by atoms with E-state index in [-0.39, 0.29) is 5.69 Å². The Morgan fingerprint density at radius 1 is 1.33 bits per heavy atom. The molecule has 0 aliphatic heterocycles. The molecule has 80 valence electrons. The van der Waals surface area contributed by atoms with Crippen molar-refractivity contribution in [1.82, 2.24) is 4.98 Å². The van der Waals surface area contributed by atoms with Gasteiger partial charge in [0, 0.05) is 6.20 Å². The molecule has 0 aliphatic carbocycles. The van der Waals surface area contributed by atoms with Gasteiger partial charge in [-0.25, -0.2) is 14.6 Å². The van der Waals surface area contributed by atoms with Gasteiger partial charge < -0.3 is 9.47 Å². The number of carbonyl (C=O) groups is 2. The van der Waals surface area contributed by atoms with Crippen LogP contribution in [0, 0.1) is 0 Å². The molecule has 5 heteroatoms. The Balaban J connectivity index is 2.80. The van der Waals surface area contributed by atoms with Gasteiger partial charge >= 0.3 is 11.9 Å². The molecule has 0 bridgehead atoms. The van der Waals surface area contributed by atoms with Gasteiger partial charge in [0.15, 0.2) is 0 Å². The lowest BCUT2D eigenvalue weighted by molar-refractivity contribution is 0.0516. The molecule has 0 N–H and O–H groups in total. The van der Waals surface area contributed by atoms with Crippen molar-refractivity contribution in [3.05, 3.63) is 29.6 Å². The fourth-order valence-corrected chi connectivity index (χ4v) is 0.958. The summed E-state index contributed by atoms with van der Waals surface area (Å²) in [7, 11) is 1.28. The van der Waals surface area contributed by atoms with Gasteiger partial charge in [-0.05, 0) is 19.1 Å². The van der Waals surface area contributed by atoms with E-state index in [1.807, 2.05) is 0 Å². The summed E-state index contributed by atoms with van der Waals surface area (Å²) in [6.45, 7) is 2.00. The predicted molar refractivity (Wildman–Crippen MR) is 51.5 cm³/mol. The highest BCUT2D eigenvalue weighted by atomic mass is 16.5. The molecule has 0 atom stereocenters. The predicted octanol–water partition coefficient (Wildman–Crippen LogP) is 1.04. The van der Waals surface area contributed by atoms with Crippen LogP contribution in [0.2, 0.25) is 0 Å². The monoisotopic (exact) mass is 209 g/mol. The molecule has 0 amide bonds. The highest BCUT2D eigenvalue weighted by Crippen LogP contribution is 2.03. The fourth-order valence-electron chi connectivity index (χ4n) is 0.958. The van der Waals surface area contributed by atoms with E-state index in [1.165, 1.54) is 25.4 Å². The standard InChI is InChI=1S/C10H11NO4/c1-3-15-10(13)8-5-4-7(6-11-8)9(12)14-2/h4-6H,3H2,1-2H3. The average Bonchev–Trinajstić information content (AvgIpc) is 2.28. The Labute approximate surface area is 87.0 Å². The normalized spacial score (nSPS) is 9.47. The second-order valence-electron chi connectivity index (χ2n) is 2.64. The second-order valence-corrected chi connectivity index (χ2v) is 2.64. The third-order valence-electron chi connectivity index (χ3n) is 1.67. The molecule has 0 radical (unpaired) electrons. The summed E-state index contributed by atoms with van der Waals surface area (Å²) in [5.74, 6) is -0.994. The van der Waals surface area contributed by atoms with E-state index in [4.69, 9.17) is 4.74 Å². The SMILES string of the molecule is CCOC(=O)c1ccc(C(=O)OC)cn1. The lowest BCUT2D eigenvalue weighted by Crippen LogP contribution is -2.08. The van der Waals surface area contributed by atoms with Gasteiger partial charge in [-0.2, -0.15) is 0 Å². The van der Waals surface area contributed by atoms with Crippen LogP contribution in [0.4, 0.5) is 0 Å². The number of esters is 2. The molecular weight excluding hydrogens is 198 g/mol. The number of methoxy groups -OCH3 is 1. The van der Waals surface area contributed by atoms with Gasteiger partial charge in [0.25, 0.3) is 0 Å². The molecule has 15 heavy (non-hydrogen) atoms. The third-order valence-corrected chi connectivity index (χ3v) is 1.67. The van der Waals surface area contributed by atoms with Gasteiger partial charge in [-0.1, -0.05) is 0 Å². The number of aromatic nitrogens is 1. The third kappa shape index (κ3) is 2.77. The number of hydrogen-bond donors (Lipinski definition) is 0. The Morgan fingerprint density at radius 2 is 2.07 bits per heavy atom. The molecule has 0 fully saturated rings. The van der Waals surface area contributed by atoms with E-state index in [0.717, 1.165) is 0 Å². The second kappa shape index (κ2) is 5.09. The molecule has 1 rings (SSSR count). The molecule has 0 aromatic carbocycles. The van der Waals surface area contributed by atoms with Gasteiger partial charge in [0.1, 0.15) is 5.69 Å². The zero-order valence-corrected chi connectivity index (χ0v) is 8.52. The molecule has 0 saturated heterocycles. The van der Waals surface area contributed by atoms with E-state index >= 15 is 0 Å². The lowest BCUT2D eigenvalue weighted by atomic mass is 10.2. The van der Waals surface area contributed by atoms with Crippen molar-refractivity contribution in [2.24, 2.45) is 0 Å². The topological polar surface area (TPSA) is 65.5 Å².